The Kier molecular flexibility index (Phi) is 4.03. The molecular formula is C16H16FNO2. The molecule has 0 spiro atoms. The second kappa shape index (κ2) is 5.74. The average molecular weight is 273 g/mol. The van der Waals surface area contributed by atoms with E-state index in [9.17, 15) is 9.18 Å². The number of carbonyl (C=O) groups is 1. The summed E-state index contributed by atoms with van der Waals surface area (Å²) in [5.41, 5.74) is 2.05. The number of nitrogens with one attached hydrogen (secondary N) is 1. The number of halogens is 1. The van der Waals surface area contributed by atoms with Crippen LogP contribution in [0.5, 0.6) is 0 Å². The number of anilines is 2. The molecule has 0 amide bonds. The van der Waals surface area contributed by atoms with Crippen molar-refractivity contribution in [2.75, 3.05) is 5.32 Å². The Morgan fingerprint density at radius 2 is 1.85 bits per heavy atom. The highest BCUT2D eigenvalue weighted by atomic mass is 19.1. The summed E-state index contributed by atoms with van der Waals surface area (Å²) in [6.45, 7) is 4.09. The zero-order valence-electron chi connectivity index (χ0n) is 11.4. The van der Waals surface area contributed by atoms with Gasteiger partial charge in [0.05, 0.1) is 11.3 Å². The van der Waals surface area contributed by atoms with Crippen LogP contribution in [0, 0.1) is 5.82 Å². The van der Waals surface area contributed by atoms with Crippen LogP contribution >= 0.6 is 0 Å². The molecule has 0 saturated heterocycles. The Labute approximate surface area is 117 Å². The van der Waals surface area contributed by atoms with E-state index in [2.05, 4.69) is 5.32 Å². The maximum Gasteiger partial charge on any atom is 0.335 e. The molecule has 0 aliphatic rings. The highest BCUT2D eigenvalue weighted by Crippen LogP contribution is 2.28. The van der Waals surface area contributed by atoms with Gasteiger partial charge in [0.1, 0.15) is 5.82 Å². The van der Waals surface area contributed by atoms with Crippen LogP contribution in [0.3, 0.4) is 0 Å². The molecule has 4 heteroatoms. The molecule has 0 bridgehead atoms. The van der Waals surface area contributed by atoms with E-state index in [1.165, 1.54) is 12.1 Å². The smallest absolute Gasteiger partial charge is 0.335 e. The van der Waals surface area contributed by atoms with Gasteiger partial charge in [0.2, 0.25) is 0 Å². The number of carboxylic acid groups (broad SMARTS) is 1. The van der Waals surface area contributed by atoms with Gasteiger partial charge in [-0.05, 0) is 35.7 Å². The molecule has 2 rings (SSSR count). The van der Waals surface area contributed by atoms with E-state index in [-0.39, 0.29) is 17.2 Å². The van der Waals surface area contributed by atoms with Gasteiger partial charge in [0.25, 0.3) is 0 Å². The Hall–Kier alpha value is -2.36. The molecule has 0 fully saturated rings. The van der Waals surface area contributed by atoms with Gasteiger partial charge in [0, 0.05) is 5.69 Å². The summed E-state index contributed by atoms with van der Waals surface area (Å²) in [4.78, 5) is 10.9. The molecule has 0 atom stereocenters. The molecule has 0 aliphatic heterocycles. The minimum absolute atomic E-state index is 0.0518. The van der Waals surface area contributed by atoms with E-state index < -0.39 is 11.8 Å². The van der Waals surface area contributed by atoms with Crippen molar-refractivity contribution in [3.8, 4) is 0 Å². The lowest BCUT2D eigenvalue weighted by Gasteiger charge is -2.15. The Morgan fingerprint density at radius 3 is 2.50 bits per heavy atom. The van der Waals surface area contributed by atoms with Crippen LogP contribution in [0.1, 0.15) is 35.7 Å². The highest BCUT2D eigenvalue weighted by Gasteiger charge is 2.11. The first-order chi connectivity index (χ1) is 9.49. The molecule has 0 saturated carbocycles. The summed E-state index contributed by atoms with van der Waals surface area (Å²) in [5, 5.41) is 11.9. The van der Waals surface area contributed by atoms with Gasteiger partial charge in [-0.2, -0.15) is 0 Å². The van der Waals surface area contributed by atoms with Gasteiger partial charge in [0.15, 0.2) is 0 Å². The predicted octanol–water partition coefficient (Wildman–Crippen LogP) is 4.39. The Bertz CT molecular complexity index is 638. The van der Waals surface area contributed by atoms with Crippen LogP contribution in [0.2, 0.25) is 0 Å². The molecule has 2 N–H and O–H groups in total. The number of carboxylic acids is 1. The summed E-state index contributed by atoms with van der Waals surface area (Å²) in [7, 11) is 0. The van der Waals surface area contributed by atoms with Crippen LogP contribution in [-0.2, 0) is 0 Å². The van der Waals surface area contributed by atoms with E-state index in [1.807, 2.05) is 38.1 Å². The largest absolute Gasteiger partial charge is 0.478 e. The number of aromatic carboxylic acids is 1. The fourth-order valence-corrected chi connectivity index (χ4v) is 2.01. The van der Waals surface area contributed by atoms with Crippen molar-refractivity contribution in [3.05, 3.63) is 59.4 Å². The summed E-state index contributed by atoms with van der Waals surface area (Å²) < 4.78 is 13.8. The Morgan fingerprint density at radius 1 is 1.15 bits per heavy atom. The first-order valence-electron chi connectivity index (χ1n) is 6.38. The van der Waals surface area contributed by atoms with Crippen molar-refractivity contribution in [1.82, 2.24) is 0 Å². The number of rotatable bonds is 4. The standard InChI is InChI=1S/C16H16FNO2/c1-10(2)12-5-3-4-6-14(12)18-15-9-11(16(19)20)7-8-13(15)17/h3-10,18H,1-2H3,(H,19,20). The molecule has 0 aromatic heterocycles. The number of hydrogen-bond acceptors (Lipinski definition) is 2. The maximum atomic E-state index is 13.8. The van der Waals surface area contributed by atoms with Gasteiger partial charge in [-0.3, -0.25) is 0 Å². The topological polar surface area (TPSA) is 49.3 Å². The summed E-state index contributed by atoms with van der Waals surface area (Å²) in [5.74, 6) is -1.27. The van der Waals surface area contributed by atoms with Crippen LogP contribution in [0.25, 0.3) is 0 Å². The van der Waals surface area contributed by atoms with Gasteiger partial charge < -0.3 is 10.4 Å². The van der Waals surface area contributed by atoms with Crippen molar-refractivity contribution in [1.29, 1.82) is 0 Å². The summed E-state index contributed by atoms with van der Waals surface area (Å²) in [6, 6.07) is 11.3. The van der Waals surface area contributed by atoms with E-state index in [4.69, 9.17) is 5.11 Å². The van der Waals surface area contributed by atoms with Crippen molar-refractivity contribution in [2.24, 2.45) is 0 Å². The lowest BCUT2D eigenvalue weighted by atomic mass is 10.0. The third-order valence-electron chi connectivity index (χ3n) is 3.07. The third kappa shape index (κ3) is 2.96. The van der Waals surface area contributed by atoms with Crippen LogP contribution in [0.4, 0.5) is 15.8 Å². The van der Waals surface area contributed by atoms with Crippen molar-refractivity contribution in [2.45, 2.75) is 19.8 Å². The molecular weight excluding hydrogens is 257 g/mol. The molecule has 0 aliphatic carbocycles. The Balaban J connectivity index is 2.40. The van der Waals surface area contributed by atoms with E-state index >= 15 is 0 Å². The number of benzene rings is 2. The fourth-order valence-electron chi connectivity index (χ4n) is 2.01. The SMILES string of the molecule is CC(C)c1ccccc1Nc1cc(C(=O)O)ccc1F. The molecule has 20 heavy (non-hydrogen) atoms. The lowest BCUT2D eigenvalue weighted by molar-refractivity contribution is 0.0697. The van der Waals surface area contributed by atoms with E-state index in [0.29, 0.717) is 0 Å². The minimum Gasteiger partial charge on any atom is -0.478 e. The number of para-hydroxylation sites is 1. The summed E-state index contributed by atoms with van der Waals surface area (Å²) in [6.07, 6.45) is 0. The zero-order valence-corrected chi connectivity index (χ0v) is 11.4. The van der Waals surface area contributed by atoms with Gasteiger partial charge >= 0.3 is 5.97 Å². The van der Waals surface area contributed by atoms with Crippen molar-refractivity contribution < 1.29 is 14.3 Å². The minimum atomic E-state index is -1.08. The van der Waals surface area contributed by atoms with E-state index in [1.54, 1.807) is 0 Å². The average Bonchev–Trinajstić information content (AvgIpc) is 2.41. The molecule has 0 unspecified atom stereocenters. The number of hydrogen-bond donors (Lipinski definition) is 2. The second-order valence-electron chi connectivity index (χ2n) is 4.87. The van der Waals surface area contributed by atoms with Gasteiger partial charge in [-0.1, -0.05) is 32.0 Å². The first kappa shape index (κ1) is 14.1. The molecule has 0 heterocycles. The molecule has 104 valence electrons. The summed E-state index contributed by atoms with van der Waals surface area (Å²) >= 11 is 0. The maximum absolute atomic E-state index is 13.8. The highest BCUT2D eigenvalue weighted by molar-refractivity contribution is 5.89. The molecule has 0 radical (unpaired) electrons. The van der Waals surface area contributed by atoms with E-state index in [0.717, 1.165) is 17.3 Å². The first-order valence-corrected chi connectivity index (χ1v) is 6.38. The molecule has 2 aromatic rings. The predicted molar refractivity (Wildman–Crippen MR) is 77.2 cm³/mol. The zero-order chi connectivity index (χ0) is 14.7. The van der Waals surface area contributed by atoms with Crippen LogP contribution in [0.15, 0.2) is 42.5 Å². The second-order valence-corrected chi connectivity index (χ2v) is 4.87. The quantitative estimate of drug-likeness (QED) is 0.868. The van der Waals surface area contributed by atoms with Crippen LogP contribution < -0.4 is 5.32 Å². The van der Waals surface area contributed by atoms with Gasteiger partial charge in [-0.25, -0.2) is 9.18 Å². The normalized spacial score (nSPS) is 10.6. The van der Waals surface area contributed by atoms with Gasteiger partial charge in [-0.15, -0.1) is 0 Å². The molecule has 3 nitrogen and oxygen atoms in total. The van der Waals surface area contributed by atoms with Crippen LogP contribution in [-0.4, -0.2) is 11.1 Å². The molecule has 2 aromatic carbocycles. The van der Waals surface area contributed by atoms with Crippen molar-refractivity contribution in [3.63, 3.8) is 0 Å². The lowest BCUT2D eigenvalue weighted by Crippen LogP contribution is -2.02. The fraction of sp³-hybridized carbons (Fsp3) is 0.188. The third-order valence-corrected chi connectivity index (χ3v) is 3.07. The van der Waals surface area contributed by atoms with Crippen molar-refractivity contribution >= 4 is 17.3 Å². The monoisotopic (exact) mass is 273 g/mol.